The van der Waals surface area contributed by atoms with Crippen LogP contribution in [0.5, 0.6) is 0 Å². The molecule has 0 radical (unpaired) electrons. The third-order valence-corrected chi connectivity index (χ3v) is 11.5. The number of aliphatic hydroxyl groups is 1. The monoisotopic (exact) mass is 802 g/mol. The molecule has 57 heavy (non-hydrogen) atoms. The Labute approximate surface area is 341 Å². The van der Waals surface area contributed by atoms with Crippen molar-refractivity contribution in [2.75, 3.05) is 26.9 Å². The van der Waals surface area contributed by atoms with Crippen LogP contribution in [0.25, 0.3) is 0 Å². The van der Waals surface area contributed by atoms with E-state index in [1.807, 2.05) is 6.08 Å². The van der Waals surface area contributed by atoms with Gasteiger partial charge in [0, 0.05) is 31.3 Å². The third kappa shape index (κ3) is 18.9. The van der Waals surface area contributed by atoms with E-state index in [0.717, 1.165) is 108 Å². The van der Waals surface area contributed by atoms with Crippen LogP contribution in [0, 0.1) is 11.7 Å². The highest BCUT2D eigenvalue weighted by Gasteiger charge is 2.59. The summed E-state index contributed by atoms with van der Waals surface area (Å²) in [4.78, 5) is 50.9. The van der Waals surface area contributed by atoms with Gasteiger partial charge < -0.3 is 24.1 Å². The molecule has 7 atom stereocenters. The van der Waals surface area contributed by atoms with Crippen LogP contribution in [0.15, 0.2) is 36.4 Å². The Morgan fingerprint density at radius 3 is 2.09 bits per heavy atom. The molecule has 2 fully saturated rings. The van der Waals surface area contributed by atoms with Crippen LogP contribution in [-0.2, 0) is 38.1 Å². The zero-order valence-electron chi connectivity index (χ0n) is 35.1. The minimum Gasteiger partial charge on any atom is -0.469 e. The molecule has 0 aromatic heterocycles. The molecule has 1 aliphatic carbocycles. The number of fused-ring (bicyclic) bond motifs is 1. The first-order chi connectivity index (χ1) is 27.7. The summed E-state index contributed by atoms with van der Waals surface area (Å²) < 4.78 is 35.1. The van der Waals surface area contributed by atoms with Crippen LogP contribution >= 0.6 is 0 Å². The van der Waals surface area contributed by atoms with Crippen molar-refractivity contribution >= 4 is 23.9 Å². The Morgan fingerprint density at radius 1 is 0.807 bits per heavy atom. The predicted molar refractivity (Wildman–Crippen MR) is 219 cm³/mol. The standard InChI is InChI=1S/C46H72FNO9/c1-4-5-18-24-41(57-43(52)34-48-39-31-30-38(46(53)54-3)44(45(39)48)36-26-28-37(47)29-27-36)40(50)23-19-14-10-6-7-11-15-20-25-42(51)56-33-22-17-13-9-8-12-16-21-32-55-35(2)49/h14,19,26-29,38-41,44-45,50H,4-13,15-18,20-25,30-34H2,1-3H3/b19-14-/t38?,39?,40?,41?,44-,45-,48+/m0/s1. The average molecular weight is 802 g/mol. The minimum absolute atomic E-state index is 0.0332. The summed E-state index contributed by atoms with van der Waals surface area (Å²) in [5.74, 6) is -1.87. The van der Waals surface area contributed by atoms with Crippen LogP contribution in [0.3, 0.4) is 0 Å². The van der Waals surface area contributed by atoms with Gasteiger partial charge in [-0.1, -0.05) is 102 Å². The van der Waals surface area contributed by atoms with Gasteiger partial charge in [0.15, 0.2) is 0 Å². The van der Waals surface area contributed by atoms with Crippen molar-refractivity contribution in [2.45, 2.75) is 185 Å². The number of hydrogen-bond acceptors (Lipinski definition) is 10. The molecule has 3 rings (SSSR count). The van der Waals surface area contributed by atoms with Crippen LogP contribution < -0.4 is 0 Å². The summed E-state index contributed by atoms with van der Waals surface area (Å²) in [7, 11) is 1.39. The van der Waals surface area contributed by atoms with E-state index in [2.05, 4.69) is 17.9 Å². The molecule has 2 aliphatic rings. The van der Waals surface area contributed by atoms with Gasteiger partial charge in [-0.3, -0.25) is 24.1 Å². The van der Waals surface area contributed by atoms with E-state index in [1.54, 1.807) is 12.1 Å². The molecule has 0 amide bonds. The Kier molecular flexibility index (Phi) is 23.8. The van der Waals surface area contributed by atoms with Crippen molar-refractivity contribution < 1.29 is 47.6 Å². The number of methoxy groups -OCH3 is 1. The summed E-state index contributed by atoms with van der Waals surface area (Å²) in [6.45, 7) is 4.66. The van der Waals surface area contributed by atoms with E-state index < -0.39 is 12.2 Å². The number of hydrogen-bond donors (Lipinski definition) is 1. The fraction of sp³-hybridized carbons (Fsp3) is 0.739. The second-order valence-electron chi connectivity index (χ2n) is 16.0. The number of benzene rings is 1. The fourth-order valence-electron chi connectivity index (χ4n) is 8.24. The van der Waals surface area contributed by atoms with E-state index in [-0.39, 0.29) is 60.2 Å². The van der Waals surface area contributed by atoms with Crippen molar-refractivity contribution in [3.8, 4) is 0 Å². The number of rotatable bonds is 31. The Bertz CT molecular complexity index is 1340. The Morgan fingerprint density at radius 2 is 1.44 bits per heavy atom. The highest BCUT2D eigenvalue weighted by atomic mass is 19.1. The molecule has 1 saturated heterocycles. The number of carbonyl (C=O) groups is 4. The number of carbonyl (C=O) groups excluding carboxylic acids is 4. The van der Waals surface area contributed by atoms with Crippen molar-refractivity contribution in [2.24, 2.45) is 5.92 Å². The SMILES string of the molecule is CCCCCC(OC(=O)C[N@]1C2CCC(C(=O)OC)[C@H](c3ccc(F)cc3)[C@H]21)C(O)C/C=C\CCCCCCCC(=O)OCCCCCCCCCCOC(C)=O. The van der Waals surface area contributed by atoms with Gasteiger partial charge in [-0.15, -0.1) is 0 Å². The van der Waals surface area contributed by atoms with Gasteiger partial charge in [0.05, 0.1) is 38.9 Å². The maximum absolute atomic E-state index is 13.7. The molecule has 1 saturated carbocycles. The molecule has 0 bridgehead atoms. The van der Waals surface area contributed by atoms with E-state index in [4.69, 9.17) is 18.9 Å². The average Bonchev–Trinajstić information content (AvgIpc) is 3.89. The number of allylic oxidation sites excluding steroid dienone is 1. The smallest absolute Gasteiger partial charge is 0.320 e. The first kappa shape index (κ1) is 48.1. The molecule has 1 aliphatic heterocycles. The van der Waals surface area contributed by atoms with Gasteiger partial charge in [0.2, 0.25) is 0 Å². The summed E-state index contributed by atoms with van der Waals surface area (Å²) in [5, 5.41) is 11.1. The normalized spacial score (nSPS) is 21.0. The predicted octanol–water partition coefficient (Wildman–Crippen LogP) is 9.30. The number of nitrogens with zero attached hydrogens (tertiary/aromatic N) is 1. The van der Waals surface area contributed by atoms with Gasteiger partial charge in [-0.2, -0.15) is 0 Å². The maximum atomic E-state index is 13.7. The molecular weight excluding hydrogens is 730 g/mol. The van der Waals surface area contributed by atoms with Crippen LogP contribution in [0.4, 0.5) is 4.39 Å². The minimum atomic E-state index is -0.796. The quantitative estimate of drug-likeness (QED) is 0.0255. The molecular formula is C46H72FNO9. The van der Waals surface area contributed by atoms with Crippen molar-refractivity contribution in [1.29, 1.82) is 0 Å². The zero-order chi connectivity index (χ0) is 41.3. The molecule has 11 heteroatoms. The molecule has 0 spiro atoms. The molecule has 10 nitrogen and oxygen atoms in total. The zero-order valence-corrected chi connectivity index (χ0v) is 35.1. The largest absolute Gasteiger partial charge is 0.469 e. The number of aliphatic hydroxyl groups excluding tert-OH is 1. The van der Waals surface area contributed by atoms with Gasteiger partial charge in [0.1, 0.15) is 11.9 Å². The highest BCUT2D eigenvalue weighted by molar-refractivity contribution is 5.75. The lowest BCUT2D eigenvalue weighted by atomic mass is 9.75. The molecule has 1 aromatic rings. The summed E-state index contributed by atoms with van der Waals surface area (Å²) in [6, 6.07) is 6.35. The number of halogens is 1. The van der Waals surface area contributed by atoms with Gasteiger partial charge in [-0.25, -0.2) is 4.39 Å². The van der Waals surface area contributed by atoms with E-state index in [1.165, 1.54) is 39.0 Å². The van der Waals surface area contributed by atoms with Crippen LogP contribution in [-0.4, -0.2) is 85.0 Å². The lowest BCUT2D eigenvalue weighted by Gasteiger charge is -2.28. The number of likely N-dealkylation sites (tertiary alicyclic amines) is 1. The lowest BCUT2D eigenvalue weighted by Crippen LogP contribution is -2.34. The molecule has 1 N–H and O–H groups in total. The Hall–Kier alpha value is -3.31. The van der Waals surface area contributed by atoms with E-state index in [9.17, 15) is 28.7 Å². The molecule has 1 aromatic carbocycles. The van der Waals surface area contributed by atoms with Crippen molar-refractivity contribution in [1.82, 2.24) is 4.90 Å². The van der Waals surface area contributed by atoms with Gasteiger partial charge >= 0.3 is 23.9 Å². The molecule has 322 valence electrons. The van der Waals surface area contributed by atoms with Crippen LogP contribution in [0.1, 0.15) is 167 Å². The topological polar surface area (TPSA) is 128 Å². The van der Waals surface area contributed by atoms with Crippen molar-refractivity contribution in [3.63, 3.8) is 0 Å². The summed E-state index contributed by atoms with van der Waals surface area (Å²) in [6.07, 6.45) is 23.1. The third-order valence-electron chi connectivity index (χ3n) is 11.5. The fourth-order valence-corrected chi connectivity index (χ4v) is 8.24. The molecule has 4 unspecified atom stereocenters. The van der Waals surface area contributed by atoms with Gasteiger partial charge in [-0.05, 0) is 81.9 Å². The van der Waals surface area contributed by atoms with Crippen LogP contribution in [0.2, 0.25) is 0 Å². The second kappa shape index (κ2) is 28.2. The number of esters is 4. The lowest BCUT2D eigenvalue weighted by molar-refractivity contribution is -0.155. The van der Waals surface area contributed by atoms with Crippen molar-refractivity contribution in [3.05, 3.63) is 47.8 Å². The number of ether oxygens (including phenoxy) is 4. The second-order valence-corrected chi connectivity index (χ2v) is 16.0. The Balaban J connectivity index is 1.26. The van der Waals surface area contributed by atoms with E-state index in [0.29, 0.717) is 38.9 Å². The summed E-state index contributed by atoms with van der Waals surface area (Å²) >= 11 is 0. The summed E-state index contributed by atoms with van der Waals surface area (Å²) in [5.41, 5.74) is 0.863. The first-order valence-electron chi connectivity index (χ1n) is 22.1. The van der Waals surface area contributed by atoms with Gasteiger partial charge in [0.25, 0.3) is 0 Å². The molecule has 1 heterocycles. The maximum Gasteiger partial charge on any atom is 0.320 e. The first-order valence-corrected chi connectivity index (χ1v) is 22.1. The number of unbranched alkanes of at least 4 members (excludes halogenated alkanes) is 14. The van der Waals surface area contributed by atoms with E-state index >= 15 is 0 Å². The highest BCUT2D eigenvalue weighted by Crippen LogP contribution is 2.51.